The van der Waals surface area contributed by atoms with Gasteiger partial charge >= 0.3 is 5.97 Å². The Labute approximate surface area is 124 Å². The maximum absolute atomic E-state index is 12.2. The predicted octanol–water partition coefficient (Wildman–Crippen LogP) is 2.57. The molecule has 1 atom stereocenters. The van der Waals surface area contributed by atoms with Crippen molar-refractivity contribution in [3.8, 4) is 0 Å². The first-order chi connectivity index (χ1) is 9.03. The van der Waals surface area contributed by atoms with Crippen molar-refractivity contribution in [2.24, 2.45) is 0 Å². The molecule has 0 radical (unpaired) electrons. The van der Waals surface area contributed by atoms with Gasteiger partial charge in [0.25, 0.3) is 0 Å². The Bertz CT molecular complexity index is 575. The van der Waals surface area contributed by atoms with E-state index in [1.165, 1.54) is 0 Å². The van der Waals surface area contributed by atoms with Crippen LogP contribution in [0.3, 0.4) is 0 Å². The molecule has 0 saturated carbocycles. The van der Waals surface area contributed by atoms with E-state index < -0.39 is 26.8 Å². The van der Waals surface area contributed by atoms with E-state index in [1.54, 1.807) is 45.0 Å². The van der Waals surface area contributed by atoms with E-state index >= 15 is 0 Å². The van der Waals surface area contributed by atoms with Crippen molar-refractivity contribution in [3.63, 3.8) is 0 Å². The molecule has 0 heterocycles. The number of sulfonamides is 1. The fraction of sp³-hybridized carbons (Fsp3) is 0.462. The number of aliphatic carboxylic acids is 1. The summed E-state index contributed by atoms with van der Waals surface area (Å²) in [6.45, 7) is 4.65. The summed E-state index contributed by atoms with van der Waals surface area (Å²) in [4.78, 5) is 10.9. The monoisotopic (exact) mass is 319 g/mol. The Morgan fingerprint density at radius 1 is 1.30 bits per heavy atom. The van der Waals surface area contributed by atoms with E-state index in [1.807, 2.05) is 0 Å². The zero-order valence-electron chi connectivity index (χ0n) is 11.6. The molecule has 1 aromatic rings. The lowest BCUT2D eigenvalue weighted by Crippen LogP contribution is -2.41. The number of nitrogens with one attached hydrogen (secondary N) is 1. The third-order valence-electron chi connectivity index (χ3n) is 2.75. The number of halogens is 1. The number of carboxylic acid groups (broad SMARTS) is 1. The lowest BCUT2D eigenvalue weighted by atomic mass is 10.1. The lowest BCUT2D eigenvalue weighted by Gasteiger charge is -2.24. The van der Waals surface area contributed by atoms with Gasteiger partial charge in [-0.15, -0.1) is 0 Å². The Morgan fingerprint density at radius 2 is 1.80 bits per heavy atom. The smallest absolute Gasteiger partial charge is 0.305 e. The first-order valence-electron chi connectivity index (χ1n) is 6.02. The topological polar surface area (TPSA) is 83.5 Å². The molecule has 0 bridgehead atoms. The largest absolute Gasteiger partial charge is 0.481 e. The van der Waals surface area contributed by atoms with Gasteiger partial charge in [-0.3, -0.25) is 4.79 Å². The molecule has 2 N–H and O–H groups in total. The van der Waals surface area contributed by atoms with Gasteiger partial charge in [-0.05, 0) is 38.5 Å². The van der Waals surface area contributed by atoms with Gasteiger partial charge in [-0.2, -0.15) is 0 Å². The minimum atomic E-state index is -3.65. The Morgan fingerprint density at radius 3 is 2.20 bits per heavy atom. The molecule has 0 aliphatic carbocycles. The highest BCUT2D eigenvalue weighted by molar-refractivity contribution is 7.90. The number of rotatable bonds is 5. The molecule has 0 unspecified atom stereocenters. The van der Waals surface area contributed by atoms with Crippen molar-refractivity contribution in [2.75, 3.05) is 0 Å². The number of benzene rings is 1. The highest BCUT2D eigenvalue weighted by Gasteiger charge is 2.32. The fourth-order valence-corrected chi connectivity index (χ4v) is 2.53. The van der Waals surface area contributed by atoms with Gasteiger partial charge in [0.2, 0.25) is 10.0 Å². The molecule has 20 heavy (non-hydrogen) atoms. The molecule has 5 nitrogen and oxygen atoms in total. The Kier molecular flexibility index (Phi) is 5.18. The summed E-state index contributed by atoms with van der Waals surface area (Å²) in [5, 5.41) is 9.44. The molecule has 0 fully saturated rings. The van der Waals surface area contributed by atoms with E-state index in [0.717, 1.165) is 0 Å². The van der Waals surface area contributed by atoms with Crippen LogP contribution in [-0.2, 0) is 14.8 Å². The number of carbonyl (C=O) groups is 1. The minimum Gasteiger partial charge on any atom is -0.481 e. The van der Waals surface area contributed by atoms with Crippen molar-refractivity contribution in [3.05, 3.63) is 34.9 Å². The number of carboxylic acids is 1. The van der Waals surface area contributed by atoms with Crippen LogP contribution in [0.15, 0.2) is 24.3 Å². The third-order valence-corrected chi connectivity index (χ3v) is 5.21. The molecule has 0 aliphatic rings. The van der Waals surface area contributed by atoms with Gasteiger partial charge in [0.05, 0.1) is 17.2 Å². The molecule has 112 valence electrons. The van der Waals surface area contributed by atoms with Crippen LogP contribution in [0.1, 0.15) is 38.8 Å². The SMILES string of the molecule is CC(C)(C)S(=O)(=O)N[C@@H](CC(=O)O)c1ccc(Cl)cc1. The van der Waals surface area contributed by atoms with E-state index in [-0.39, 0.29) is 6.42 Å². The highest BCUT2D eigenvalue weighted by Crippen LogP contribution is 2.23. The van der Waals surface area contributed by atoms with Crippen LogP contribution in [0.2, 0.25) is 5.02 Å². The van der Waals surface area contributed by atoms with Crippen LogP contribution in [-0.4, -0.2) is 24.2 Å². The van der Waals surface area contributed by atoms with Gasteiger partial charge in [0.1, 0.15) is 0 Å². The molecule has 0 aliphatic heterocycles. The summed E-state index contributed by atoms with van der Waals surface area (Å²) >= 11 is 5.77. The maximum Gasteiger partial charge on any atom is 0.305 e. The number of hydrogen-bond acceptors (Lipinski definition) is 3. The maximum atomic E-state index is 12.2. The second-order valence-electron chi connectivity index (χ2n) is 5.44. The predicted molar refractivity (Wildman–Crippen MR) is 78.3 cm³/mol. The first kappa shape index (κ1) is 16.9. The Hall–Kier alpha value is -1.11. The first-order valence-corrected chi connectivity index (χ1v) is 7.88. The lowest BCUT2D eigenvalue weighted by molar-refractivity contribution is -0.137. The summed E-state index contributed by atoms with van der Waals surface area (Å²) in [7, 11) is -3.65. The van der Waals surface area contributed by atoms with E-state index in [2.05, 4.69) is 4.72 Å². The van der Waals surface area contributed by atoms with Crippen LogP contribution in [0.5, 0.6) is 0 Å². The van der Waals surface area contributed by atoms with Crippen LogP contribution in [0.4, 0.5) is 0 Å². The summed E-state index contributed by atoms with van der Waals surface area (Å²) in [5.41, 5.74) is 0.560. The third kappa shape index (κ3) is 4.47. The molecule has 0 amide bonds. The molecule has 0 saturated heterocycles. The van der Waals surface area contributed by atoms with Crippen LogP contribution < -0.4 is 4.72 Å². The normalized spacial score (nSPS) is 14.0. The minimum absolute atomic E-state index is 0.336. The van der Waals surface area contributed by atoms with E-state index in [0.29, 0.717) is 10.6 Å². The molecule has 7 heteroatoms. The van der Waals surface area contributed by atoms with Gasteiger partial charge in [0.15, 0.2) is 0 Å². The van der Waals surface area contributed by atoms with Crippen molar-refractivity contribution in [1.82, 2.24) is 4.72 Å². The quantitative estimate of drug-likeness (QED) is 0.873. The van der Waals surface area contributed by atoms with Gasteiger partial charge in [-0.25, -0.2) is 13.1 Å². The molecule has 0 spiro atoms. The number of hydrogen-bond donors (Lipinski definition) is 2. The molecule has 1 rings (SSSR count). The van der Waals surface area contributed by atoms with Crippen molar-refractivity contribution < 1.29 is 18.3 Å². The summed E-state index contributed by atoms with van der Waals surface area (Å²) in [6, 6.07) is 5.59. The standard InChI is InChI=1S/C13H18ClNO4S/c1-13(2,3)20(18,19)15-11(8-12(16)17)9-4-6-10(14)7-5-9/h4-7,11,15H,8H2,1-3H3,(H,16,17)/t11-/m0/s1. The molecular weight excluding hydrogens is 302 g/mol. The second-order valence-corrected chi connectivity index (χ2v) is 8.34. The summed E-state index contributed by atoms with van der Waals surface area (Å²) < 4.78 is 25.7. The van der Waals surface area contributed by atoms with Crippen molar-refractivity contribution >= 4 is 27.6 Å². The van der Waals surface area contributed by atoms with Crippen LogP contribution in [0, 0.1) is 0 Å². The summed E-state index contributed by atoms with van der Waals surface area (Å²) in [6.07, 6.45) is -0.336. The molecule has 1 aromatic carbocycles. The van der Waals surface area contributed by atoms with E-state index in [9.17, 15) is 13.2 Å². The molecule has 0 aromatic heterocycles. The molecular formula is C13H18ClNO4S. The highest BCUT2D eigenvalue weighted by atomic mass is 35.5. The van der Waals surface area contributed by atoms with Gasteiger partial charge in [0, 0.05) is 5.02 Å². The van der Waals surface area contributed by atoms with Crippen LogP contribution >= 0.6 is 11.6 Å². The van der Waals surface area contributed by atoms with Crippen LogP contribution in [0.25, 0.3) is 0 Å². The average Bonchev–Trinajstić information content (AvgIpc) is 2.26. The van der Waals surface area contributed by atoms with Crippen molar-refractivity contribution in [1.29, 1.82) is 0 Å². The van der Waals surface area contributed by atoms with Gasteiger partial charge in [-0.1, -0.05) is 23.7 Å². The average molecular weight is 320 g/mol. The van der Waals surface area contributed by atoms with Crippen molar-refractivity contribution in [2.45, 2.75) is 38.0 Å². The zero-order valence-corrected chi connectivity index (χ0v) is 13.1. The second kappa shape index (κ2) is 6.11. The zero-order chi connectivity index (χ0) is 15.6. The Balaban J connectivity index is 3.08. The van der Waals surface area contributed by atoms with Gasteiger partial charge < -0.3 is 5.11 Å². The summed E-state index contributed by atoms with van der Waals surface area (Å²) in [5.74, 6) is -1.08. The fourth-order valence-electron chi connectivity index (χ4n) is 1.46. The van der Waals surface area contributed by atoms with E-state index in [4.69, 9.17) is 16.7 Å².